The average Bonchev–Trinajstić information content (AvgIpc) is 3.41. The number of fused-ring (bicyclic) bond motifs is 3. The lowest BCUT2D eigenvalue weighted by atomic mass is 10.0. The Balaban J connectivity index is 1.39. The third kappa shape index (κ3) is 3.83. The minimum atomic E-state index is -0.466. The Kier molecular flexibility index (Phi) is 5.01. The van der Waals surface area contributed by atoms with E-state index < -0.39 is 4.92 Å². The molecule has 0 bridgehead atoms. The predicted molar refractivity (Wildman–Crippen MR) is 116 cm³/mol. The van der Waals surface area contributed by atoms with Crippen molar-refractivity contribution in [2.45, 2.75) is 13.0 Å². The fraction of sp³-hybridized carbons (Fsp3) is 0.174. The van der Waals surface area contributed by atoms with Gasteiger partial charge in [0.25, 0.3) is 5.69 Å². The van der Waals surface area contributed by atoms with Crippen molar-refractivity contribution in [3.8, 4) is 11.5 Å². The molecule has 5 rings (SSSR count). The lowest BCUT2D eigenvalue weighted by Crippen LogP contribution is -2.33. The van der Waals surface area contributed by atoms with E-state index in [9.17, 15) is 14.9 Å². The van der Waals surface area contributed by atoms with Crippen LogP contribution in [0.25, 0.3) is 6.08 Å². The van der Waals surface area contributed by atoms with Crippen LogP contribution in [0.15, 0.2) is 59.7 Å². The maximum Gasteiger partial charge on any atom is 0.270 e. The summed E-state index contributed by atoms with van der Waals surface area (Å²) in [5, 5.41) is 13.1. The number of ketones is 1. The second-order valence-electron chi connectivity index (χ2n) is 7.37. The number of non-ortho nitro benzene ring substituents is 1. The minimum Gasteiger partial charge on any atom is -0.478 e. The molecule has 1 aromatic heterocycles. The number of thiophene rings is 1. The molecule has 0 saturated heterocycles. The Labute approximate surface area is 182 Å². The Bertz CT molecular complexity index is 1200. The molecule has 0 saturated carbocycles. The summed E-state index contributed by atoms with van der Waals surface area (Å²) in [7, 11) is 0. The molecule has 2 aromatic carbocycles. The van der Waals surface area contributed by atoms with Gasteiger partial charge in [-0.1, -0.05) is 18.2 Å². The van der Waals surface area contributed by atoms with Crippen molar-refractivity contribution in [3.05, 3.63) is 91.4 Å². The number of nitro groups is 1. The SMILES string of the molecule is O=C1/C(=C/c2cccc([N+](=O)[O-])c2)Oc2c1ccc1c2CN(CCc2cccs2)CO1. The van der Waals surface area contributed by atoms with Crippen LogP contribution in [-0.2, 0) is 13.0 Å². The van der Waals surface area contributed by atoms with Crippen LogP contribution < -0.4 is 9.47 Å². The van der Waals surface area contributed by atoms with Gasteiger partial charge in [-0.05, 0) is 41.6 Å². The molecule has 2 aliphatic rings. The third-order valence-corrected chi connectivity index (χ3v) is 6.25. The molecular formula is C23H18N2O5S. The van der Waals surface area contributed by atoms with Gasteiger partial charge in [-0.3, -0.25) is 19.8 Å². The highest BCUT2D eigenvalue weighted by Gasteiger charge is 2.33. The fourth-order valence-corrected chi connectivity index (χ4v) is 4.45. The van der Waals surface area contributed by atoms with E-state index in [1.807, 2.05) is 12.1 Å². The van der Waals surface area contributed by atoms with Gasteiger partial charge < -0.3 is 9.47 Å². The van der Waals surface area contributed by atoms with Crippen LogP contribution in [0.4, 0.5) is 5.69 Å². The molecule has 0 spiro atoms. The van der Waals surface area contributed by atoms with E-state index in [-0.39, 0.29) is 17.2 Å². The summed E-state index contributed by atoms with van der Waals surface area (Å²) in [6, 6.07) is 13.8. The first-order valence-corrected chi connectivity index (χ1v) is 10.7. The molecule has 0 fully saturated rings. The fourth-order valence-electron chi connectivity index (χ4n) is 3.75. The summed E-state index contributed by atoms with van der Waals surface area (Å²) in [4.78, 5) is 26.9. The summed E-state index contributed by atoms with van der Waals surface area (Å²) in [5.41, 5.74) is 1.84. The first-order chi connectivity index (χ1) is 15.1. The van der Waals surface area contributed by atoms with Gasteiger partial charge in [-0.25, -0.2) is 0 Å². The van der Waals surface area contributed by atoms with Gasteiger partial charge in [0.15, 0.2) is 5.76 Å². The monoisotopic (exact) mass is 434 g/mol. The van der Waals surface area contributed by atoms with Crippen molar-refractivity contribution >= 4 is 28.9 Å². The highest BCUT2D eigenvalue weighted by atomic mass is 32.1. The van der Waals surface area contributed by atoms with Crippen LogP contribution in [0, 0.1) is 10.1 Å². The van der Waals surface area contributed by atoms with Crippen LogP contribution in [0.3, 0.4) is 0 Å². The Morgan fingerprint density at radius 1 is 1.19 bits per heavy atom. The molecule has 8 heteroatoms. The summed E-state index contributed by atoms with van der Waals surface area (Å²) in [5.74, 6) is 1.15. The average molecular weight is 434 g/mol. The van der Waals surface area contributed by atoms with Gasteiger partial charge in [-0.15, -0.1) is 11.3 Å². The molecule has 156 valence electrons. The molecule has 0 unspecified atom stereocenters. The molecule has 0 atom stereocenters. The molecule has 3 heterocycles. The van der Waals surface area contributed by atoms with Gasteiger partial charge in [0, 0.05) is 30.1 Å². The van der Waals surface area contributed by atoms with Crippen LogP contribution in [0.1, 0.15) is 26.4 Å². The van der Waals surface area contributed by atoms with Crippen LogP contribution >= 0.6 is 11.3 Å². The van der Waals surface area contributed by atoms with E-state index in [0.29, 0.717) is 30.2 Å². The summed E-state index contributed by atoms with van der Waals surface area (Å²) >= 11 is 1.73. The van der Waals surface area contributed by atoms with Crippen molar-refractivity contribution in [1.82, 2.24) is 4.90 Å². The molecule has 0 aliphatic carbocycles. The lowest BCUT2D eigenvalue weighted by Gasteiger charge is -2.29. The van der Waals surface area contributed by atoms with Gasteiger partial charge in [-0.2, -0.15) is 0 Å². The minimum absolute atomic E-state index is 0.0375. The van der Waals surface area contributed by atoms with E-state index in [4.69, 9.17) is 9.47 Å². The molecule has 3 aromatic rings. The number of hydrogen-bond acceptors (Lipinski definition) is 7. The molecule has 0 radical (unpaired) electrons. The number of nitro benzene ring substituents is 1. The van der Waals surface area contributed by atoms with Gasteiger partial charge in [0.1, 0.15) is 18.2 Å². The van der Waals surface area contributed by atoms with Crippen molar-refractivity contribution in [2.75, 3.05) is 13.3 Å². The van der Waals surface area contributed by atoms with E-state index >= 15 is 0 Å². The molecule has 0 amide bonds. The molecule has 31 heavy (non-hydrogen) atoms. The Morgan fingerprint density at radius 2 is 2.10 bits per heavy atom. The third-order valence-electron chi connectivity index (χ3n) is 5.32. The molecule has 2 aliphatic heterocycles. The number of carbonyl (C=O) groups excluding carboxylic acids is 1. The zero-order chi connectivity index (χ0) is 21.4. The van der Waals surface area contributed by atoms with Gasteiger partial charge >= 0.3 is 0 Å². The standard InChI is InChI=1S/C23H18N2O5S/c26-22-18-6-7-20-19(13-24(14-29-20)9-8-17-5-2-10-31-17)23(18)30-21(22)12-15-3-1-4-16(11-15)25(27)28/h1-7,10-12H,8-9,13-14H2/b21-12-. The molecule has 7 nitrogen and oxygen atoms in total. The van der Waals surface area contributed by atoms with Crippen LogP contribution in [0.5, 0.6) is 11.5 Å². The van der Waals surface area contributed by atoms with Crippen molar-refractivity contribution < 1.29 is 19.2 Å². The number of benzene rings is 2. The van der Waals surface area contributed by atoms with Gasteiger partial charge in [0.05, 0.1) is 16.1 Å². The summed E-state index contributed by atoms with van der Waals surface area (Å²) in [6.45, 7) is 1.96. The zero-order valence-corrected chi connectivity index (χ0v) is 17.3. The summed E-state index contributed by atoms with van der Waals surface area (Å²) in [6.07, 6.45) is 2.48. The highest BCUT2D eigenvalue weighted by Crippen LogP contribution is 2.42. The lowest BCUT2D eigenvalue weighted by molar-refractivity contribution is -0.384. The quantitative estimate of drug-likeness (QED) is 0.330. The van der Waals surface area contributed by atoms with Crippen molar-refractivity contribution in [2.24, 2.45) is 0 Å². The predicted octanol–water partition coefficient (Wildman–Crippen LogP) is 4.67. The number of hydrogen-bond donors (Lipinski definition) is 0. The normalized spacial score (nSPS) is 16.5. The Hall–Kier alpha value is -3.49. The van der Waals surface area contributed by atoms with E-state index in [1.165, 1.54) is 17.0 Å². The van der Waals surface area contributed by atoms with E-state index in [1.54, 1.807) is 35.6 Å². The molecular weight excluding hydrogens is 416 g/mol. The number of nitrogens with zero attached hydrogens (tertiary/aromatic N) is 2. The first kappa shape index (κ1) is 19.5. The largest absolute Gasteiger partial charge is 0.478 e. The van der Waals surface area contributed by atoms with E-state index in [2.05, 4.69) is 16.3 Å². The van der Waals surface area contributed by atoms with Crippen molar-refractivity contribution in [1.29, 1.82) is 0 Å². The molecule has 0 N–H and O–H groups in total. The maximum absolute atomic E-state index is 12.9. The summed E-state index contributed by atoms with van der Waals surface area (Å²) < 4.78 is 11.9. The van der Waals surface area contributed by atoms with Crippen LogP contribution in [-0.4, -0.2) is 28.9 Å². The zero-order valence-electron chi connectivity index (χ0n) is 16.4. The Morgan fingerprint density at radius 3 is 2.90 bits per heavy atom. The number of Topliss-reactive ketones (excluding diaryl/α,β-unsaturated/α-hetero) is 1. The second kappa shape index (κ2) is 7.98. The second-order valence-corrected chi connectivity index (χ2v) is 8.40. The van der Waals surface area contributed by atoms with Crippen molar-refractivity contribution in [3.63, 3.8) is 0 Å². The smallest absolute Gasteiger partial charge is 0.270 e. The number of carbonyl (C=O) groups is 1. The van der Waals surface area contributed by atoms with Crippen LogP contribution in [0.2, 0.25) is 0 Å². The number of ether oxygens (including phenoxy) is 2. The number of allylic oxidation sites excluding steroid dienone is 1. The first-order valence-electron chi connectivity index (χ1n) is 9.80. The van der Waals surface area contributed by atoms with E-state index in [0.717, 1.165) is 24.3 Å². The number of rotatable bonds is 5. The van der Waals surface area contributed by atoms with Gasteiger partial charge in [0.2, 0.25) is 5.78 Å². The topological polar surface area (TPSA) is 81.9 Å². The maximum atomic E-state index is 12.9. The highest BCUT2D eigenvalue weighted by molar-refractivity contribution is 7.09.